The Kier molecular flexibility index (Phi) is 2.79. The van der Waals surface area contributed by atoms with Gasteiger partial charge in [-0.05, 0) is 19.1 Å². The number of nitrogens with one attached hydrogen (secondary N) is 2. The number of amides is 1. The number of hydrogen-bond donors (Lipinski definition) is 2. The SMILES string of the molecule is Cc1nc(NC(=O)c2ccc(C#N)cn2)n[nH]1. The minimum absolute atomic E-state index is 0.193. The summed E-state index contributed by atoms with van der Waals surface area (Å²) in [5, 5.41) is 17.4. The van der Waals surface area contributed by atoms with E-state index < -0.39 is 5.91 Å². The van der Waals surface area contributed by atoms with Gasteiger partial charge in [-0.1, -0.05) is 0 Å². The quantitative estimate of drug-likeness (QED) is 0.783. The lowest BCUT2D eigenvalue weighted by molar-refractivity contribution is 0.102. The van der Waals surface area contributed by atoms with Gasteiger partial charge in [0.05, 0.1) is 5.56 Å². The number of nitriles is 1. The molecule has 0 unspecified atom stereocenters. The number of nitrogens with zero attached hydrogens (tertiary/aromatic N) is 4. The fourth-order valence-corrected chi connectivity index (χ4v) is 1.16. The first-order chi connectivity index (χ1) is 8.19. The minimum Gasteiger partial charge on any atom is -0.288 e. The number of aromatic nitrogens is 4. The highest BCUT2D eigenvalue weighted by atomic mass is 16.2. The van der Waals surface area contributed by atoms with Crippen molar-refractivity contribution in [3.63, 3.8) is 0 Å². The van der Waals surface area contributed by atoms with Crippen molar-refractivity contribution in [1.82, 2.24) is 20.2 Å². The summed E-state index contributed by atoms with van der Waals surface area (Å²) < 4.78 is 0. The third-order valence-corrected chi connectivity index (χ3v) is 1.95. The van der Waals surface area contributed by atoms with Crippen molar-refractivity contribution in [3.8, 4) is 6.07 Å². The molecule has 84 valence electrons. The zero-order valence-corrected chi connectivity index (χ0v) is 8.93. The Morgan fingerprint density at radius 1 is 1.53 bits per heavy atom. The molecule has 0 radical (unpaired) electrons. The first-order valence-corrected chi connectivity index (χ1v) is 4.75. The molecule has 17 heavy (non-hydrogen) atoms. The second kappa shape index (κ2) is 4.40. The number of carbonyl (C=O) groups excluding carboxylic acids is 1. The molecule has 0 aliphatic heterocycles. The van der Waals surface area contributed by atoms with E-state index in [1.807, 2.05) is 6.07 Å². The Bertz CT molecular complexity index is 580. The average molecular weight is 228 g/mol. The Hall–Kier alpha value is -2.75. The summed E-state index contributed by atoms with van der Waals surface area (Å²) in [5.74, 6) is 0.375. The number of aryl methyl sites for hydroxylation is 1. The van der Waals surface area contributed by atoms with Crippen LogP contribution in [0.2, 0.25) is 0 Å². The molecule has 0 saturated heterocycles. The van der Waals surface area contributed by atoms with Crippen LogP contribution in [0.5, 0.6) is 0 Å². The van der Waals surface area contributed by atoms with E-state index in [9.17, 15) is 4.79 Å². The molecule has 7 heteroatoms. The molecular formula is C10H8N6O. The van der Waals surface area contributed by atoms with E-state index in [1.165, 1.54) is 18.3 Å². The zero-order chi connectivity index (χ0) is 12.3. The van der Waals surface area contributed by atoms with Crippen LogP contribution < -0.4 is 5.32 Å². The van der Waals surface area contributed by atoms with Crippen molar-refractivity contribution in [3.05, 3.63) is 35.4 Å². The highest BCUT2D eigenvalue weighted by molar-refractivity contribution is 6.01. The number of hydrogen-bond acceptors (Lipinski definition) is 5. The lowest BCUT2D eigenvalue weighted by atomic mass is 10.2. The Labute approximate surface area is 96.5 Å². The summed E-state index contributed by atoms with van der Waals surface area (Å²) in [4.78, 5) is 19.5. The summed E-state index contributed by atoms with van der Waals surface area (Å²) in [6.07, 6.45) is 1.33. The average Bonchev–Trinajstić information content (AvgIpc) is 2.75. The molecule has 2 aromatic rings. The molecule has 7 nitrogen and oxygen atoms in total. The van der Waals surface area contributed by atoms with Gasteiger partial charge in [0, 0.05) is 6.20 Å². The van der Waals surface area contributed by atoms with E-state index in [1.54, 1.807) is 6.92 Å². The van der Waals surface area contributed by atoms with Gasteiger partial charge in [0.25, 0.3) is 5.91 Å². The topological polar surface area (TPSA) is 107 Å². The van der Waals surface area contributed by atoms with Crippen LogP contribution in [0, 0.1) is 18.3 Å². The smallest absolute Gasteiger partial charge is 0.276 e. The molecular weight excluding hydrogens is 220 g/mol. The summed E-state index contributed by atoms with van der Waals surface area (Å²) in [7, 11) is 0. The van der Waals surface area contributed by atoms with Gasteiger partial charge in [0.2, 0.25) is 5.95 Å². The van der Waals surface area contributed by atoms with Crippen LogP contribution in [0.25, 0.3) is 0 Å². The lowest BCUT2D eigenvalue weighted by Crippen LogP contribution is -2.14. The first kappa shape index (κ1) is 10.8. The second-order valence-corrected chi connectivity index (χ2v) is 3.24. The van der Waals surface area contributed by atoms with E-state index in [0.717, 1.165) is 0 Å². The van der Waals surface area contributed by atoms with Gasteiger partial charge in [-0.2, -0.15) is 10.2 Å². The zero-order valence-electron chi connectivity index (χ0n) is 8.93. The number of H-pyrrole nitrogens is 1. The maximum atomic E-state index is 11.7. The fraction of sp³-hybridized carbons (Fsp3) is 0.100. The van der Waals surface area contributed by atoms with Gasteiger partial charge >= 0.3 is 0 Å². The van der Waals surface area contributed by atoms with Crippen LogP contribution >= 0.6 is 0 Å². The van der Waals surface area contributed by atoms with Gasteiger partial charge in [-0.25, -0.2) is 4.98 Å². The van der Waals surface area contributed by atoms with E-state index in [2.05, 4.69) is 25.5 Å². The van der Waals surface area contributed by atoms with Crippen LogP contribution in [-0.2, 0) is 0 Å². The monoisotopic (exact) mass is 228 g/mol. The molecule has 0 bridgehead atoms. The molecule has 0 aromatic carbocycles. The molecule has 0 atom stereocenters. The number of aromatic amines is 1. The predicted octanol–water partition coefficient (Wildman–Crippen LogP) is 0.632. The molecule has 0 spiro atoms. The van der Waals surface area contributed by atoms with E-state index in [4.69, 9.17) is 5.26 Å². The normalized spacial score (nSPS) is 9.65. The van der Waals surface area contributed by atoms with Crippen LogP contribution in [0.3, 0.4) is 0 Å². The van der Waals surface area contributed by atoms with E-state index in [-0.39, 0.29) is 11.6 Å². The number of anilines is 1. The van der Waals surface area contributed by atoms with Gasteiger partial charge in [0.15, 0.2) is 0 Å². The van der Waals surface area contributed by atoms with Crippen molar-refractivity contribution in [2.24, 2.45) is 0 Å². The Balaban J connectivity index is 2.12. The number of pyridine rings is 1. The maximum Gasteiger partial charge on any atom is 0.276 e. The molecule has 2 aromatic heterocycles. The third-order valence-electron chi connectivity index (χ3n) is 1.95. The molecule has 2 rings (SSSR count). The molecule has 0 fully saturated rings. The van der Waals surface area contributed by atoms with Crippen LogP contribution in [-0.4, -0.2) is 26.1 Å². The van der Waals surface area contributed by atoms with E-state index >= 15 is 0 Å². The summed E-state index contributed by atoms with van der Waals surface area (Å²) in [5.41, 5.74) is 0.599. The lowest BCUT2D eigenvalue weighted by Gasteiger charge is -1.99. The predicted molar refractivity (Wildman–Crippen MR) is 58.0 cm³/mol. The number of carbonyl (C=O) groups is 1. The van der Waals surface area contributed by atoms with Gasteiger partial charge in [-0.15, -0.1) is 5.10 Å². The van der Waals surface area contributed by atoms with Gasteiger partial charge < -0.3 is 0 Å². The van der Waals surface area contributed by atoms with E-state index in [0.29, 0.717) is 11.4 Å². The van der Waals surface area contributed by atoms with Crippen molar-refractivity contribution in [1.29, 1.82) is 5.26 Å². The standard InChI is InChI=1S/C10H8N6O/c1-6-13-10(16-15-6)14-9(17)8-3-2-7(4-11)5-12-8/h2-3,5H,1H3,(H2,13,14,15,16,17). The van der Waals surface area contributed by atoms with Crippen LogP contribution in [0.4, 0.5) is 5.95 Å². The van der Waals surface area contributed by atoms with Crippen molar-refractivity contribution in [2.75, 3.05) is 5.32 Å². The van der Waals surface area contributed by atoms with Crippen LogP contribution in [0.1, 0.15) is 21.9 Å². The number of rotatable bonds is 2. The van der Waals surface area contributed by atoms with Gasteiger partial charge in [0.1, 0.15) is 17.6 Å². The Morgan fingerprint density at radius 2 is 2.35 bits per heavy atom. The summed E-state index contributed by atoms with van der Waals surface area (Å²) in [6, 6.07) is 4.91. The molecule has 0 saturated carbocycles. The highest BCUT2D eigenvalue weighted by Gasteiger charge is 2.09. The molecule has 2 heterocycles. The second-order valence-electron chi connectivity index (χ2n) is 3.24. The van der Waals surface area contributed by atoms with Crippen molar-refractivity contribution in [2.45, 2.75) is 6.92 Å². The first-order valence-electron chi connectivity index (χ1n) is 4.75. The summed E-state index contributed by atoms with van der Waals surface area (Å²) in [6.45, 7) is 1.72. The Morgan fingerprint density at radius 3 is 2.88 bits per heavy atom. The molecule has 1 amide bonds. The largest absolute Gasteiger partial charge is 0.288 e. The molecule has 2 N–H and O–H groups in total. The maximum absolute atomic E-state index is 11.7. The van der Waals surface area contributed by atoms with Crippen LogP contribution in [0.15, 0.2) is 18.3 Å². The molecule has 0 aliphatic rings. The molecule has 0 aliphatic carbocycles. The third kappa shape index (κ3) is 2.43. The highest BCUT2D eigenvalue weighted by Crippen LogP contribution is 2.03. The summed E-state index contributed by atoms with van der Waals surface area (Å²) >= 11 is 0. The van der Waals surface area contributed by atoms with Crippen molar-refractivity contribution < 1.29 is 4.79 Å². The minimum atomic E-state index is -0.423. The van der Waals surface area contributed by atoms with Crippen molar-refractivity contribution >= 4 is 11.9 Å². The fourth-order valence-electron chi connectivity index (χ4n) is 1.16. The van der Waals surface area contributed by atoms with Gasteiger partial charge in [-0.3, -0.25) is 15.2 Å².